The van der Waals surface area contributed by atoms with Crippen molar-refractivity contribution in [1.82, 2.24) is 14.9 Å². The highest BCUT2D eigenvalue weighted by molar-refractivity contribution is 5.49. The summed E-state index contributed by atoms with van der Waals surface area (Å²) < 4.78 is 0. The fraction of sp³-hybridized carbons (Fsp3) is 0.667. The van der Waals surface area contributed by atoms with Crippen LogP contribution < -0.4 is 4.90 Å². The largest absolute Gasteiger partial charge is 0.354 e. The second kappa shape index (κ2) is 6.19. The molecular formula is C15H21N5. The first kappa shape index (κ1) is 13.3. The van der Waals surface area contributed by atoms with Gasteiger partial charge < -0.3 is 9.80 Å². The molecule has 3 rings (SSSR count). The summed E-state index contributed by atoms with van der Waals surface area (Å²) in [6.45, 7) is 5.70. The molecule has 2 saturated heterocycles. The first-order chi connectivity index (χ1) is 9.86. The van der Waals surface area contributed by atoms with E-state index in [0.717, 1.165) is 18.9 Å². The summed E-state index contributed by atoms with van der Waals surface area (Å²) in [7, 11) is 0. The van der Waals surface area contributed by atoms with Crippen LogP contribution in [0.5, 0.6) is 0 Å². The number of piperidine rings is 1. The Hall–Kier alpha value is -1.67. The second-order valence-electron chi connectivity index (χ2n) is 5.80. The number of nitriles is 1. The quantitative estimate of drug-likeness (QED) is 0.837. The first-order valence-corrected chi connectivity index (χ1v) is 7.55. The molecule has 2 aliphatic heterocycles. The molecule has 5 heteroatoms. The van der Waals surface area contributed by atoms with Crippen LogP contribution in [0.1, 0.15) is 31.4 Å². The molecule has 0 unspecified atom stereocenters. The van der Waals surface area contributed by atoms with Gasteiger partial charge in [-0.05, 0) is 44.7 Å². The van der Waals surface area contributed by atoms with Gasteiger partial charge in [-0.15, -0.1) is 0 Å². The molecule has 106 valence electrons. The number of hydrogen-bond donors (Lipinski definition) is 0. The molecule has 20 heavy (non-hydrogen) atoms. The summed E-state index contributed by atoms with van der Waals surface area (Å²) in [5.74, 6) is 1.46. The molecule has 0 amide bonds. The lowest BCUT2D eigenvalue weighted by Gasteiger charge is -2.35. The third-order valence-corrected chi connectivity index (χ3v) is 4.32. The number of hydrogen-bond acceptors (Lipinski definition) is 5. The van der Waals surface area contributed by atoms with Crippen molar-refractivity contribution in [1.29, 1.82) is 5.26 Å². The van der Waals surface area contributed by atoms with E-state index in [1.165, 1.54) is 45.3 Å². The molecule has 0 saturated carbocycles. The maximum atomic E-state index is 9.16. The van der Waals surface area contributed by atoms with Gasteiger partial charge in [0.05, 0.1) is 0 Å². The number of anilines is 1. The maximum Gasteiger partial charge on any atom is 0.183 e. The average Bonchev–Trinajstić information content (AvgIpc) is 3.00. The van der Waals surface area contributed by atoms with Gasteiger partial charge in [0, 0.05) is 32.0 Å². The minimum absolute atomic E-state index is 0.453. The molecule has 0 N–H and O–H groups in total. The van der Waals surface area contributed by atoms with Gasteiger partial charge in [-0.1, -0.05) is 0 Å². The van der Waals surface area contributed by atoms with Crippen LogP contribution in [0.4, 0.5) is 5.82 Å². The fourth-order valence-corrected chi connectivity index (χ4v) is 3.38. The third kappa shape index (κ3) is 2.91. The van der Waals surface area contributed by atoms with Crippen LogP contribution >= 0.6 is 0 Å². The van der Waals surface area contributed by atoms with Crippen LogP contribution in [0.15, 0.2) is 12.4 Å². The first-order valence-electron chi connectivity index (χ1n) is 7.55. The predicted octanol–water partition coefficient (Wildman–Crippen LogP) is 1.66. The van der Waals surface area contributed by atoms with Crippen LogP contribution in [0.25, 0.3) is 0 Å². The van der Waals surface area contributed by atoms with Gasteiger partial charge >= 0.3 is 0 Å². The maximum absolute atomic E-state index is 9.16. The molecule has 2 fully saturated rings. The van der Waals surface area contributed by atoms with Crippen molar-refractivity contribution < 1.29 is 0 Å². The molecule has 0 radical (unpaired) electrons. The van der Waals surface area contributed by atoms with E-state index < -0.39 is 0 Å². The number of rotatable bonds is 3. The highest BCUT2D eigenvalue weighted by atomic mass is 15.2. The number of nitrogens with zero attached hydrogens (tertiary/aromatic N) is 5. The standard InChI is InChI=1S/C15H21N5/c16-10-14-15(18-6-5-17-14)20-9-3-4-13(12-20)11-19-7-1-2-8-19/h5-6,13H,1-4,7-9,11-12H2/t13-/m0/s1. The molecule has 1 aromatic rings. The smallest absolute Gasteiger partial charge is 0.183 e. The van der Waals surface area contributed by atoms with Gasteiger partial charge in [-0.2, -0.15) is 5.26 Å². The minimum Gasteiger partial charge on any atom is -0.354 e. The van der Waals surface area contributed by atoms with Gasteiger partial charge in [0.2, 0.25) is 0 Å². The van der Waals surface area contributed by atoms with Crippen LogP contribution in [-0.2, 0) is 0 Å². The summed E-state index contributed by atoms with van der Waals surface area (Å²) in [5, 5.41) is 9.16. The Balaban J connectivity index is 1.66. The normalized spacial score (nSPS) is 23.8. The van der Waals surface area contributed by atoms with E-state index in [2.05, 4.69) is 25.8 Å². The SMILES string of the molecule is N#Cc1nccnc1N1CCC[C@@H](CN2CCCC2)C1. The Labute approximate surface area is 120 Å². The van der Waals surface area contributed by atoms with Crippen molar-refractivity contribution in [2.75, 3.05) is 37.6 Å². The van der Waals surface area contributed by atoms with Crippen LogP contribution in [0.3, 0.4) is 0 Å². The van der Waals surface area contributed by atoms with Gasteiger partial charge in [0.25, 0.3) is 0 Å². The molecule has 3 heterocycles. The Morgan fingerprint density at radius 2 is 1.95 bits per heavy atom. The molecule has 0 aliphatic carbocycles. The zero-order chi connectivity index (χ0) is 13.8. The van der Waals surface area contributed by atoms with E-state index in [-0.39, 0.29) is 0 Å². The Morgan fingerprint density at radius 1 is 1.15 bits per heavy atom. The summed E-state index contributed by atoms with van der Waals surface area (Å²) >= 11 is 0. The van der Waals surface area contributed by atoms with E-state index in [1.807, 2.05) is 0 Å². The predicted molar refractivity (Wildman–Crippen MR) is 77.4 cm³/mol. The Kier molecular flexibility index (Phi) is 4.12. The second-order valence-corrected chi connectivity index (χ2v) is 5.80. The van der Waals surface area contributed by atoms with Crippen molar-refractivity contribution in [3.8, 4) is 6.07 Å². The minimum atomic E-state index is 0.453. The zero-order valence-electron chi connectivity index (χ0n) is 11.8. The van der Waals surface area contributed by atoms with Gasteiger partial charge in [0.1, 0.15) is 6.07 Å². The van der Waals surface area contributed by atoms with Crippen LogP contribution in [0, 0.1) is 17.2 Å². The van der Waals surface area contributed by atoms with Gasteiger partial charge in [0.15, 0.2) is 11.5 Å². The molecular weight excluding hydrogens is 250 g/mol. The highest BCUT2D eigenvalue weighted by Gasteiger charge is 2.25. The van der Waals surface area contributed by atoms with E-state index >= 15 is 0 Å². The van der Waals surface area contributed by atoms with E-state index in [9.17, 15) is 0 Å². The lowest BCUT2D eigenvalue weighted by atomic mass is 9.97. The molecule has 1 aromatic heterocycles. The average molecular weight is 271 g/mol. The zero-order valence-corrected chi connectivity index (χ0v) is 11.8. The lowest BCUT2D eigenvalue weighted by molar-refractivity contribution is 0.255. The van der Waals surface area contributed by atoms with Crippen LogP contribution in [-0.4, -0.2) is 47.6 Å². The number of likely N-dealkylation sites (tertiary alicyclic amines) is 1. The van der Waals surface area contributed by atoms with Crippen molar-refractivity contribution in [2.45, 2.75) is 25.7 Å². The molecule has 0 aromatic carbocycles. The third-order valence-electron chi connectivity index (χ3n) is 4.32. The summed E-state index contributed by atoms with van der Waals surface area (Å²) in [6.07, 6.45) is 8.43. The van der Waals surface area contributed by atoms with Crippen LogP contribution in [0.2, 0.25) is 0 Å². The molecule has 0 spiro atoms. The number of aromatic nitrogens is 2. The van der Waals surface area contributed by atoms with Gasteiger partial charge in [-0.3, -0.25) is 0 Å². The van der Waals surface area contributed by atoms with Crippen molar-refractivity contribution in [2.24, 2.45) is 5.92 Å². The van der Waals surface area contributed by atoms with Crippen molar-refractivity contribution in [3.05, 3.63) is 18.1 Å². The highest BCUT2D eigenvalue weighted by Crippen LogP contribution is 2.24. The van der Waals surface area contributed by atoms with Gasteiger partial charge in [-0.25, -0.2) is 9.97 Å². The van der Waals surface area contributed by atoms with Crippen molar-refractivity contribution in [3.63, 3.8) is 0 Å². The van der Waals surface area contributed by atoms with E-state index in [4.69, 9.17) is 5.26 Å². The summed E-state index contributed by atoms with van der Waals surface area (Å²) in [5.41, 5.74) is 0.453. The summed E-state index contributed by atoms with van der Waals surface area (Å²) in [6, 6.07) is 2.16. The Bertz CT molecular complexity index is 489. The molecule has 2 aliphatic rings. The lowest BCUT2D eigenvalue weighted by Crippen LogP contribution is -2.41. The fourth-order valence-electron chi connectivity index (χ4n) is 3.38. The summed E-state index contributed by atoms with van der Waals surface area (Å²) in [4.78, 5) is 13.3. The molecule has 1 atom stereocenters. The molecule has 5 nitrogen and oxygen atoms in total. The Morgan fingerprint density at radius 3 is 2.75 bits per heavy atom. The van der Waals surface area contributed by atoms with Crippen molar-refractivity contribution >= 4 is 5.82 Å². The monoisotopic (exact) mass is 271 g/mol. The van der Waals surface area contributed by atoms with E-state index in [1.54, 1.807) is 12.4 Å². The molecule has 0 bridgehead atoms. The topological polar surface area (TPSA) is 56.1 Å². The van der Waals surface area contributed by atoms with E-state index in [0.29, 0.717) is 11.6 Å².